The number of anilines is 2. The summed E-state index contributed by atoms with van der Waals surface area (Å²) in [7, 11) is -3.67. The number of nitrogens with one attached hydrogen (secondary N) is 1. The molecule has 1 aromatic carbocycles. The third kappa shape index (κ3) is 3.55. The van der Waals surface area contributed by atoms with Gasteiger partial charge in [0, 0.05) is 12.1 Å². The van der Waals surface area contributed by atoms with Crippen LogP contribution in [0.1, 0.15) is 31.4 Å². The normalized spacial score (nSPS) is 15.4. The molecule has 1 unspecified atom stereocenters. The van der Waals surface area contributed by atoms with E-state index >= 15 is 0 Å². The summed E-state index contributed by atoms with van der Waals surface area (Å²) < 4.78 is 27.3. The van der Waals surface area contributed by atoms with Crippen molar-refractivity contribution in [3.8, 4) is 0 Å². The molecule has 1 aliphatic rings. The van der Waals surface area contributed by atoms with Crippen LogP contribution in [-0.2, 0) is 14.8 Å². The summed E-state index contributed by atoms with van der Waals surface area (Å²) in [6.45, 7) is 1.52. The van der Waals surface area contributed by atoms with Crippen molar-refractivity contribution in [2.75, 3.05) is 15.9 Å². The first-order chi connectivity index (χ1) is 13.3. The molecule has 28 heavy (non-hydrogen) atoms. The van der Waals surface area contributed by atoms with E-state index in [4.69, 9.17) is 0 Å². The van der Waals surface area contributed by atoms with Crippen molar-refractivity contribution in [3.05, 3.63) is 48.3 Å². The Labute approximate surface area is 162 Å². The summed E-state index contributed by atoms with van der Waals surface area (Å²) in [6, 6.07) is 9.40. The molecule has 2 heterocycles. The summed E-state index contributed by atoms with van der Waals surface area (Å²) in [6.07, 6.45) is 4.93. The van der Waals surface area contributed by atoms with Gasteiger partial charge in [0.1, 0.15) is 6.04 Å². The largest absolute Gasteiger partial charge is 0.291 e. The van der Waals surface area contributed by atoms with E-state index in [1.807, 2.05) is 6.07 Å². The number of rotatable bonds is 6. The Morgan fingerprint density at radius 2 is 1.96 bits per heavy atom. The van der Waals surface area contributed by atoms with Crippen molar-refractivity contribution in [3.63, 3.8) is 0 Å². The molecule has 0 aliphatic heterocycles. The number of carbonyl (C=O) groups is 1. The van der Waals surface area contributed by atoms with Gasteiger partial charge in [0.05, 0.1) is 17.6 Å². The summed E-state index contributed by atoms with van der Waals surface area (Å²) >= 11 is 0. The van der Waals surface area contributed by atoms with Gasteiger partial charge < -0.3 is 0 Å². The number of hydrogen-bond donors (Lipinski definition) is 1. The standard InChI is InChI=1S/C18H20N6O3S/c1-12(24(28(2,26)27)14-6-4-3-5-7-14)16(25)20-17-21-18-19-11-10-15(13-8-9-13)23(18)22-17/h3-7,10-13H,8-9H2,1-2H3,(H,20,22,25). The van der Waals surface area contributed by atoms with Crippen molar-refractivity contribution < 1.29 is 13.2 Å². The minimum atomic E-state index is -3.67. The van der Waals surface area contributed by atoms with Crippen LogP contribution in [0.25, 0.3) is 5.78 Å². The first-order valence-electron chi connectivity index (χ1n) is 8.91. The maximum atomic E-state index is 12.8. The number of nitrogens with zero attached hydrogens (tertiary/aromatic N) is 5. The highest BCUT2D eigenvalue weighted by Gasteiger charge is 2.30. The van der Waals surface area contributed by atoms with Crippen LogP contribution in [0.3, 0.4) is 0 Å². The Bertz CT molecular complexity index is 1120. The van der Waals surface area contributed by atoms with E-state index in [0.717, 1.165) is 29.1 Å². The fourth-order valence-electron chi connectivity index (χ4n) is 3.15. The predicted molar refractivity (Wildman–Crippen MR) is 105 cm³/mol. The molecule has 1 amide bonds. The van der Waals surface area contributed by atoms with Gasteiger partial charge in [-0.05, 0) is 38.0 Å². The van der Waals surface area contributed by atoms with E-state index in [2.05, 4.69) is 20.4 Å². The number of amides is 1. The molecule has 1 atom stereocenters. The highest BCUT2D eigenvalue weighted by Crippen LogP contribution is 2.39. The Hall–Kier alpha value is -3.01. The molecule has 146 valence electrons. The van der Waals surface area contributed by atoms with Gasteiger partial charge in [-0.2, -0.15) is 9.50 Å². The van der Waals surface area contributed by atoms with E-state index in [9.17, 15) is 13.2 Å². The molecule has 1 N–H and O–H groups in total. The van der Waals surface area contributed by atoms with E-state index < -0.39 is 22.0 Å². The lowest BCUT2D eigenvalue weighted by atomic mass is 10.2. The zero-order valence-electron chi connectivity index (χ0n) is 15.5. The van der Waals surface area contributed by atoms with Crippen LogP contribution < -0.4 is 9.62 Å². The summed E-state index contributed by atoms with van der Waals surface area (Å²) in [5.74, 6) is 0.404. The van der Waals surface area contributed by atoms with Crippen molar-refractivity contribution in [1.29, 1.82) is 0 Å². The molecule has 4 rings (SSSR count). The van der Waals surface area contributed by atoms with E-state index in [1.165, 1.54) is 6.92 Å². The van der Waals surface area contributed by atoms with Gasteiger partial charge in [0.15, 0.2) is 0 Å². The maximum Gasteiger partial charge on any atom is 0.254 e. The Morgan fingerprint density at radius 3 is 2.61 bits per heavy atom. The van der Waals surface area contributed by atoms with Gasteiger partial charge >= 0.3 is 0 Å². The highest BCUT2D eigenvalue weighted by atomic mass is 32.2. The van der Waals surface area contributed by atoms with Gasteiger partial charge in [0.2, 0.25) is 15.9 Å². The molecule has 1 saturated carbocycles. The Kier molecular flexibility index (Phi) is 4.50. The van der Waals surface area contributed by atoms with Gasteiger partial charge in [-0.3, -0.25) is 14.4 Å². The Balaban J connectivity index is 1.60. The molecule has 2 aromatic heterocycles. The lowest BCUT2D eigenvalue weighted by Crippen LogP contribution is -2.45. The quantitative estimate of drug-likeness (QED) is 0.676. The lowest BCUT2D eigenvalue weighted by molar-refractivity contribution is -0.116. The monoisotopic (exact) mass is 400 g/mol. The number of carbonyl (C=O) groups excluding carboxylic acids is 1. The third-order valence-corrected chi connectivity index (χ3v) is 5.84. The second kappa shape index (κ2) is 6.86. The van der Waals surface area contributed by atoms with Gasteiger partial charge in [0.25, 0.3) is 11.7 Å². The number of hydrogen-bond acceptors (Lipinski definition) is 6. The van der Waals surface area contributed by atoms with Crippen LogP contribution in [-0.4, -0.2) is 46.2 Å². The average Bonchev–Trinajstić information content (AvgIpc) is 3.40. The topological polar surface area (TPSA) is 110 Å². The first-order valence-corrected chi connectivity index (χ1v) is 10.8. The molecule has 3 aromatic rings. The molecule has 10 heteroatoms. The van der Waals surface area contributed by atoms with Crippen molar-refractivity contribution in [2.45, 2.75) is 31.7 Å². The molecule has 1 fully saturated rings. The number of sulfonamides is 1. The van der Waals surface area contributed by atoms with Crippen LogP contribution in [0, 0.1) is 0 Å². The van der Waals surface area contributed by atoms with Crippen LogP contribution >= 0.6 is 0 Å². The number of para-hydroxylation sites is 1. The highest BCUT2D eigenvalue weighted by molar-refractivity contribution is 7.92. The summed E-state index contributed by atoms with van der Waals surface area (Å²) in [5, 5.41) is 6.95. The van der Waals surface area contributed by atoms with Gasteiger partial charge in [-0.25, -0.2) is 13.4 Å². The van der Waals surface area contributed by atoms with E-state index in [0.29, 0.717) is 17.4 Å². The number of aromatic nitrogens is 4. The van der Waals surface area contributed by atoms with Crippen LogP contribution in [0.2, 0.25) is 0 Å². The molecule has 0 bridgehead atoms. The Morgan fingerprint density at radius 1 is 1.25 bits per heavy atom. The second-order valence-electron chi connectivity index (χ2n) is 6.85. The smallest absolute Gasteiger partial charge is 0.254 e. The third-order valence-electron chi connectivity index (χ3n) is 4.60. The minimum Gasteiger partial charge on any atom is -0.291 e. The molecule has 9 nitrogen and oxygen atoms in total. The maximum absolute atomic E-state index is 12.8. The summed E-state index contributed by atoms with van der Waals surface area (Å²) in [5.41, 5.74) is 1.42. The van der Waals surface area contributed by atoms with Gasteiger partial charge in [-0.15, -0.1) is 5.10 Å². The molecule has 0 radical (unpaired) electrons. The predicted octanol–water partition coefficient (Wildman–Crippen LogP) is 1.79. The lowest BCUT2D eigenvalue weighted by Gasteiger charge is -2.27. The molecule has 0 spiro atoms. The van der Waals surface area contributed by atoms with Crippen LogP contribution in [0.4, 0.5) is 11.6 Å². The van der Waals surface area contributed by atoms with Gasteiger partial charge in [-0.1, -0.05) is 18.2 Å². The SMILES string of the molecule is CC(C(=O)Nc1nc2nccc(C3CC3)n2n1)N(c1ccccc1)S(C)(=O)=O. The van der Waals surface area contributed by atoms with Crippen molar-refractivity contribution in [2.24, 2.45) is 0 Å². The minimum absolute atomic E-state index is 0.0963. The average molecular weight is 400 g/mol. The fraction of sp³-hybridized carbons (Fsp3) is 0.333. The number of fused-ring (bicyclic) bond motifs is 1. The molecule has 0 saturated heterocycles. The zero-order chi connectivity index (χ0) is 19.9. The van der Waals surface area contributed by atoms with Crippen LogP contribution in [0.5, 0.6) is 0 Å². The van der Waals surface area contributed by atoms with Crippen molar-refractivity contribution in [1.82, 2.24) is 19.6 Å². The molecular formula is C18H20N6O3S. The fourth-order valence-corrected chi connectivity index (χ4v) is 4.33. The van der Waals surface area contributed by atoms with E-state index in [1.54, 1.807) is 41.0 Å². The molecule has 1 aliphatic carbocycles. The zero-order valence-corrected chi connectivity index (χ0v) is 16.3. The van der Waals surface area contributed by atoms with Crippen LogP contribution in [0.15, 0.2) is 42.6 Å². The summed E-state index contributed by atoms with van der Waals surface area (Å²) in [4.78, 5) is 21.2. The second-order valence-corrected chi connectivity index (χ2v) is 8.71. The van der Waals surface area contributed by atoms with E-state index in [-0.39, 0.29) is 5.95 Å². The molecular weight excluding hydrogens is 380 g/mol. The number of benzene rings is 1. The van der Waals surface area contributed by atoms with Crippen molar-refractivity contribution >= 4 is 33.3 Å². The first kappa shape index (κ1) is 18.4.